The molecule has 0 unspecified atom stereocenters. The number of aromatic nitrogens is 2. The number of nitrogens with one attached hydrogen (secondary N) is 1. The number of benzene rings is 1. The standard InChI is InChI=1S/C17H19N3/c1-2-18-12-15-8-9-20-13-16(19-17(20)11-15)10-14-6-4-3-5-7-14/h3-9,11,13,18H,2,10,12H2,1H3. The fourth-order valence-electron chi connectivity index (χ4n) is 2.35. The van der Waals surface area contributed by atoms with Gasteiger partial charge in [-0.25, -0.2) is 4.98 Å². The van der Waals surface area contributed by atoms with Crippen LogP contribution in [-0.4, -0.2) is 15.9 Å². The molecule has 0 aliphatic carbocycles. The van der Waals surface area contributed by atoms with E-state index in [9.17, 15) is 0 Å². The predicted octanol–water partition coefficient (Wildman–Crippen LogP) is 3.03. The number of imidazole rings is 1. The van der Waals surface area contributed by atoms with Gasteiger partial charge in [0.05, 0.1) is 5.69 Å². The van der Waals surface area contributed by atoms with E-state index < -0.39 is 0 Å². The quantitative estimate of drug-likeness (QED) is 0.768. The van der Waals surface area contributed by atoms with Crippen LogP contribution >= 0.6 is 0 Å². The van der Waals surface area contributed by atoms with Crippen molar-refractivity contribution >= 4 is 5.65 Å². The van der Waals surface area contributed by atoms with Gasteiger partial charge in [-0.3, -0.25) is 0 Å². The number of nitrogens with zero attached hydrogens (tertiary/aromatic N) is 2. The Bertz CT molecular complexity index is 686. The smallest absolute Gasteiger partial charge is 0.137 e. The Balaban J connectivity index is 1.83. The molecule has 3 heteroatoms. The molecule has 3 nitrogen and oxygen atoms in total. The van der Waals surface area contributed by atoms with E-state index in [1.165, 1.54) is 11.1 Å². The number of hydrogen-bond donors (Lipinski definition) is 1. The summed E-state index contributed by atoms with van der Waals surface area (Å²) in [6, 6.07) is 14.8. The molecule has 0 radical (unpaired) electrons. The first-order valence-corrected chi connectivity index (χ1v) is 7.06. The monoisotopic (exact) mass is 265 g/mol. The largest absolute Gasteiger partial charge is 0.313 e. The number of hydrogen-bond acceptors (Lipinski definition) is 2. The van der Waals surface area contributed by atoms with Crippen LogP contribution in [-0.2, 0) is 13.0 Å². The van der Waals surface area contributed by atoms with Gasteiger partial charge in [0.2, 0.25) is 0 Å². The molecule has 1 aromatic carbocycles. The van der Waals surface area contributed by atoms with Crippen molar-refractivity contribution in [2.24, 2.45) is 0 Å². The average Bonchev–Trinajstić information content (AvgIpc) is 2.87. The average molecular weight is 265 g/mol. The molecule has 2 aromatic heterocycles. The molecule has 0 fully saturated rings. The summed E-state index contributed by atoms with van der Waals surface area (Å²) >= 11 is 0. The first-order valence-electron chi connectivity index (χ1n) is 7.06. The molecule has 0 aliphatic heterocycles. The molecule has 0 saturated carbocycles. The molecule has 0 saturated heterocycles. The van der Waals surface area contributed by atoms with E-state index in [1.807, 2.05) is 6.07 Å². The van der Waals surface area contributed by atoms with Gasteiger partial charge in [-0.15, -0.1) is 0 Å². The number of fused-ring (bicyclic) bond motifs is 1. The predicted molar refractivity (Wildman–Crippen MR) is 81.8 cm³/mol. The van der Waals surface area contributed by atoms with Crippen LogP contribution in [0.2, 0.25) is 0 Å². The molecule has 2 heterocycles. The van der Waals surface area contributed by atoms with E-state index >= 15 is 0 Å². The Kier molecular flexibility index (Phi) is 3.79. The second-order valence-corrected chi connectivity index (χ2v) is 4.98. The van der Waals surface area contributed by atoms with Crippen LogP contribution in [0.25, 0.3) is 5.65 Å². The summed E-state index contributed by atoms with van der Waals surface area (Å²) < 4.78 is 2.09. The van der Waals surface area contributed by atoms with E-state index in [0.29, 0.717) is 0 Å². The zero-order valence-corrected chi connectivity index (χ0v) is 11.7. The minimum Gasteiger partial charge on any atom is -0.313 e. The lowest BCUT2D eigenvalue weighted by Crippen LogP contribution is -2.11. The first-order chi connectivity index (χ1) is 9.85. The highest BCUT2D eigenvalue weighted by atomic mass is 15.0. The van der Waals surface area contributed by atoms with Crippen molar-refractivity contribution in [1.82, 2.24) is 14.7 Å². The molecule has 3 aromatic rings. The summed E-state index contributed by atoms with van der Waals surface area (Å²) in [7, 11) is 0. The molecule has 0 spiro atoms. The van der Waals surface area contributed by atoms with E-state index in [0.717, 1.165) is 30.9 Å². The van der Waals surface area contributed by atoms with Crippen molar-refractivity contribution in [1.29, 1.82) is 0 Å². The lowest BCUT2D eigenvalue weighted by Gasteiger charge is -2.01. The van der Waals surface area contributed by atoms with Crippen molar-refractivity contribution in [3.8, 4) is 0 Å². The molecule has 102 valence electrons. The van der Waals surface area contributed by atoms with Crippen molar-refractivity contribution in [2.75, 3.05) is 6.54 Å². The summed E-state index contributed by atoms with van der Waals surface area (Å²) in [6.07, 6.45) is 5.08. The molecular weight excluding hydrogens is 246 g/mol. The third-order valence-electron chi connectivity index (χ3n) is 3.38. The Morgan fingerprint density at radius 1 is 1.10 bits per heavy atom. The molecule has 3 rings (SSSR count). The number of pyridine rings is 1. The Hall–Kier alpha value is -2.13. The van der Waals surface area contributed by atoms with E-state index in [2.05, 4.69) is 65.4 Å². The van der Waals surface area contributed by atoms with Gasteiger partial charge in [0, 0.05) is 25.4 Å². The van der Waals surface area contributed by atoms with E-state index in [1.54, 1.807) is 0 Å². The Labute approximate surface area is 119 Å². The molecule has 0 bridgehead atoms. The molecule has 0 aliphatic rings. The molecule has 0 amide bonds. The van der Waals surface area contributed by atoms with Gasteiger partial charge in [-0.2, -0.15) is 0 Å². The van der Waals surface area contributed by atoms with Crippen molar-refractivity contribution < 1.29 is 0 Å². The Morgan fingerprint density at radius 3 is 2.75 bits per heavy atom. The summed E-state index contributed by atoms with van der Waals surface area (Å²) in [5.41, 5.74) is 4.70. The minimum atomic E-state index is 0.880. The molecule has 0 atom stereocenters. The highest BCUT2D eigenvalue weighted by Crippen LogP contribution is 2.12. The fraction of sp³-hybridized carbons (Fsp3) is 0.235. The first kappa shape index (κ1) is 12.9. The Morgan fingerprint density at radius 2 is 1.95 bits per heavy atom. The second-order valence-electron chi connectivity index (χ2n) is 4.98. The van der Waals surface area contributed by atoms with E-state index in [-0.39, 0.29) is 0 Å². The molecular formula is C17H19N3. The molecule has 1 N–H and O–H groups in total. The van der Waals surface area contributed by atoms with Gasteiger partial charge >= 0.3 is 0 Å². The van der Waals surface area contributed by atoms with Gasteiger partial charge in [0.15, 0.2) is 0 Å². The van der Waals surface area contributed by atoms with Crippen LogP contribution < -0.4 is 5.32 Å². The normalized spacial score (nSPS) is 11.1. The third kappa shape index (κ3) is 2.89. The maximum atomic E-state index is 4.71. The van der Waals surface area contributed by atoms with Gasteiger partial charge in [-0.05, 0) is 29.8 Å². The summed E-state index contributed by atoms with van der Waals surface area (Å²) in [4.78, 5) is 4.71. The third-order valence-corrected chi connectivity index (χ3v) is 3.38. The van der Waals surface area contributed by atoms with Gasteiger partial charge in [-0.1, -0.05) is 37.3 Å². The van der Waals surface area contributed by atoms with Crippen molar-refractivity contribution in [3.63, 3.8) is 0 Å². The van der Waals surface area contributed by atoms with Crippen LogP contribution in [0.3, 0.4) is 0 Å². The van der Waals surface area contributed by atoms with Crippen molar-refractivity contribution in [2.45, 2.75) is 19.9 Å². The maximum Gasteiger partial charge on any atom is 0.137 e. The highest BCUT2D eigenvalue weighted by molar-refractivity contribution is 5.43. The number of rotatable bonds is 5. The van der Waals surface area contributed by atoms with Crippen LogP contribution in [0.1, 0.15) is 23.7 Å². The van der Waals surface area contributed by atoms with Crippen LogP contribution in [0.4, 0.5) is 0 Å². The zero-order valence-electron chi connectivity index (χ0n) is 11.7. The summed E-state index contributed by atoms with van der Waals surface area (Å²) in [5, 5.41) is 3.34. The zero-order chi connectivity index (χ0) is 13.8. The fourth-order valence-corrected chi connectivity index (χ4v) is 2.35. The lowest BCUT2D eigenvalue weighted by atomic mass is 10.1. The topological polar surface area (TPSA) is 29.3 Å². The summed E-state index contributed by atoms with van der Waals surface area (Å²) in [5.74, 6) is 0. The van der Waals surface area contributed by atoms with Gasteiger partial charge < -0.3 is 9.72 Å². The van der Waals surface area contributed by atoms with Crippen molar-refractivity contribution in [3.05, 3.63) is 71.7 Å². The van der Waals surface area contributed by atoms with Gasteiger partial charge in [0.25, 0.3) is 0 Å². The minimum absolute atomic E-state index is 0.880. The molecule has 20 heavy (non-hydrogen) atoms. The van der Waals surface area contributed by atoms with Crippen LogP contribution in [0.5, 0.6) is 0 Å². The second kappa shape index (κ2) is 5.88. The van der Waals surface area contributed by atoms with E-state index in [4.69, 9.17) is 4.98 Å². The summed E-state index contributed by atoms with van der Waals surface area (Å²) in [6.45, 7) is 4.00. The van der Waals surface area contributed by atoms with Gasteiger partial charge in [0.1, 0.15) is 5.65 Å². The highest BCUT2D eigenvalue weighted by Gasteiger charge is 2.03. The van der Waals surface area contributed by atoms with Crippen LogP contribution in [0.15, 0.2) is 54.9 Å². The van der Waals surface area contributed by atoms with Crippen LogP contribution in [0, 0.1) is 0 Å². The maximum absolute atomic E-state index is 4.71. The lowest BCUT2D eigenvalue weighted by molar-refractivity contribution is 0.726. The SMILES string of the molecule is CCNCc1ccn2cc(Cc3ccccc3)nc2c1.